The van der Waals surface area contributed by atoms with E-state index in [1.165, 1.54) is 0 Å². The minimum atomic E-state index is -3.93. The molecular formula is C9H13N2O4S+. The lowest BCUT2D eigenvalue weighted by atomic mass is 10.2. The third-order valence-corrected chi connectivity index (χ3v) is 2.67. The highest BCUT2D eigenvalue weighted by Gasteiger charge is 2.07. The van der Waals surface area contributed by atoms with Crippen molar-refractivity contribution in [2.24, 2.45) is 5.73 Å². The number of aryl methyl sites for hydroxylation is 1. The third-order valence-electron chi connectivity index (χ3n) is 1.95. The Kier molecular flexibility index (Phi) is 3.97. The van der Waals surface area contributed by atoms with Gasteiger partial charge < -0.3 is 5.73 Å². The van der Waals surface area contributed by atoms with E-state index in [2.05, 4.69) is 0 Å². The molecule has 1 heterocycles. The summed E-state index contributed by atoms with van der Waals surface area (Å²) in [7, 11) is -3.93. The maximum atomic E-state index is 10.6. The topological polar surface area (TPSA) is 101 Å². The molecule has 0 saturated heterocycles. The summed E-state index contributed by atoms with van der Waals surface area (Å²) in [5.74, 6) is -0.761. The van der Waals surface area contributed by atoms with Crippen molar-refractivity contribution in [3.8, 4) is 0 Å². The maximum absolute atomic E-state index is 10.6. The van der Waals surface area contributed by atoms with Gasteiger partial charge in [0, 0.05) is 12.1 Å². The van der Waals surface area contributed by atoms with Crippen LogP contribution in [0.4, 0.5) is 0 Å². The maximum Gasteiger partial charge on any atom is 0.283 e. The average Bonchev–Trinajstić information content (AvgIpc) is 2.14. The molecule has 1 amide bonds. The molecule has 0 atom stereocenters. The lowest BCUT2D eigenvalue weighted by Gasteiger charge is -1.98. The molecular weight excluding hydrogens is 232 g/mol. The molecule has 0 radical (unpaired) electrons. The number of amides is 1. The number of hydrogen-bond acceptors (Lipinski definition) is 3. The van der Waals surface area contributed by atoms with Crippen LogP contribution >= 0.6 is 0 Å². The van der Waals surface area contributed by atoms with Crippen LogP contribution in [-0.4, -0.2) is 24.6 Å². The molecule has 0 aliphatic rings. The van der Waals surface area contributed by atoms with Gasteiger partial charge in [0.2, 0.25) is 6.54 Å². The second-order valence-corrected chi connectivity index (χ2v) is 4.95. The summed E-state index contributed by atoms with van der Waals surface area (Å²) in [6.45, 7) is 0.0819. The summed E-state index contributed by atoms with van der Waals surface area (Å²) in [6.07, 6.45) is 3.49. The number of nitrogens with two attached hydrogens (primary N) is 1. The van der Waals surface area contributed by atoms with Crippen LogP contribution in [0.15, 0.2) is 24.5 Å². The zero-order chi connectivity index (χ0) is 12.2. The lowest BCUT2D eigenvalue weighted by Crippen LogP contribution is -2.40. The fourth-order valence-corrected chi connectivity index (χ4v) is 1.68. The Balaban J connectivity index is 2.61. The van der Waals surface area contributed by atoms with E-state index in [1.54, 1.807) is 29.1 Å². The molecule has 0 fully saturated rings. The van der Waals surface area contributed by atoms with Crippen LogP contribution < -0.4 is 10.3 Å². The standard InChI is InChI=1S/C9H12N2O4S/c10-9(12)7-11-4-1-8(2-5-11)3-6-16(13,14)15/h1-2,4-5H,3,6-7H2,(H2-,10,12,13,14,15)/p+1. The first-order valence-electron chi connectivity index (χ1n) is 4.58. The van der Waals surface area contributed by atoms with Crippen LogP contribution in [0.2, 0.25) is 0 Å². The smallest absolute Gasteiger partial charge is 0.283 e. The first-order valence-corrected chi connectivity index (χ1v) is 6.19. The quantitative estimate of drug-likeness (QED) is 0.507. The number of carbonyl (C=O) groups excluding carboxylic acids is 1. The molecule has 7 heteroatoms. The molecule has 0 unspecified atom stereocenters. The number of hydrogen-bond donors (Lipinski definition) is 2. The van der Waals surface area contributed by atoms with Crippen molar-refractivity contribution in [3.05, 3.63) is 30.1 Å². The van der Waals surface area contributed by atoms with Crippen molar-refractivity contribution < 1.29 is 22.3 Å². The fourth-order valence-electron chi connectivity index (χ4n) is 1.19. The van der Waals surface area contributed by atoms with Crippen molar-refractivity contribution in [2.75, 3.05) is 5.75 Å². The summed E-state index contributed by atoms with van der Waals surface area (Å²) in [5, 5.41) is 0. The molecule has 1 rings (SSSR count). The first-order chi connectivity index (χ1) is 7.37. The summed E-state index contributed by atoms with van der Waals surface area (Å²) in [6, 6.07) is 3.35. The predicted octanol–water partition coefficient (Wildman–Crippen LogP) is -1.11. The Bertz CT molecular complexity index is 467. The van der Waals surface area contributed by atoms with Crippen LogP contribution in [0.1, 0.15) is 5.56 Å². The van der Waals surface area contributed by atoms with E-state index < -0.39 is 16.0 Å². The van der Waals surface area contributed by atoms with Gasteiger partial charge in [-0.2, -0.15) is 13.0 Å². The minimum Gasteiger partial charge on any atom is -0.364 e. The lowest BCUT2D eigenvalue weighted by molar-refractivity contribution is -0.684. The van der Waals surface area contributed by atoms with Gasteiger partial charge in [-0.1, -0.05) is 0 Å². The molecule has 0 spiro atoms. The Morgan fingerprint density at radius 3 is 2.38 bits per heavy atom. The molecule has 6 nitrogen and oxygen atoms in total. The van der Waals surface area contributed by atoms with E-state index in [4.69, 9.17) is 10.3 Å². The number of aromatic nitrogens is 1. The van der Waals surface area contributed by atoms with Crippen molar-refractivity contribution in [1.82, 2.24) is 0 Å². The second kappa shape index (κ2) is 5.04. The van der Waals surface area contributed by atoms with E-state index in [0.717, 1.165) is 5.56 Å². The molecule has 16 heavy (non-hydrogen) atoms. The second-order valence-electron chi connectivity index (χ2n) is 3.38. The van der Waals surface area contributed by atoms with E-state index in [9.17, 15) is 13.2 Å². The van der Waals surface area contributed by atoms with Gasteiger partial charge in [-0.15, -0.1) is 0 Å². The zero-order valence-corrected chi connectivity index (χ0v) is 9.35. The van der Waals surface area contributed by atoms with Crippen molar-refractivity contribution in [2.45, 2.75) is 13.0 Å². The van der Waals surface area contributed by atoms with E-state index in [1.807, 2.05) is 0 Å². The van der Waals surface area contributed by atoms with E-state index >= 15 is 0 Å². The molecule has 3 N–H and O–H groups in total. The Hall–Kier alpha value is -1.47. The van der Waals surface area contributed by atoms with Crippen molar-refractivity contribution in [1.29, 1.82) is 0 Å². The molecule has 0 aliphatic heterocycles. The van der Waals surface area contributed by atoms with Gasteiger partial charge in [-0.25, -0.2) is 0 Å². The van der Waals surface area contributed by atoms with Crippen LogP contribution in [-0.2, 0) is 27.9 Å². The van der Waals surface area contributed by atoms with Crippen LogP contribution in [0.25, 0.3) is 0 Å². The molecule has 1 aromatic heterocycles. The third kappa shape index (κ3) is 4.85. The van der Waals surface area contributed by atoms with Crippen LogP contribution in [0, 0.1) is 0 Å². The summed E-state index contributed by atoms with van der Waals surface area (Å²) in [5.41, 5.74) is 5.77. The normalized spacial score (nSPS) is 11.3. The number of pyridine rings is 1. The predicted molar refractivity (Wildman–Crippen MR) is 56.0 cm³/mol. The van der Waals surface area contributed by atoms with Gasteiger partial charge in [-0.05, 0) is 12.0 Å². The minimum absolute atomic E-state index is 0.0819. The van der Waals surface area contributed by atoms with Crippen molar-refractivity contribution >= 4 is 16.0 Å². The first kappa shape index (κ1) is 12.6. The molecule has 0 aromatic carbocycles. The molecule has 88 valence electrons. The van der Waals surface area contributed by atoms with Gasteiger partial charge in [0.05, 0.1) is 5.75 Å². The van der Waals surface area contributed by atoms with E-state index in [-0.39, 0.29) is 18.7 Å². The Morgan fingerprint density at radius 1 is 1.38 bits per heavy atom. The number of rotatable bonds is 5. The summed E-state index contributed by atoms with van der Waals surface area (Å²) < 4.78 is 31.2. The molecule has 0 bridgehead atoms. The van der Waals surface area contributed by atoms with E-state index in [0.29, 0.717) is 0 Å². The number of carbonyl (C=O) groups is 1. The van der Waals surface area contributed by atoms with Crippen LogP contribution in [0.3, 0.4) is 0 Å². The Morgan fingerprint density at radius 2 is 1.94 bits per heavy atom. The molecule has 1 aromatic rings. The monoisotopic (exact) mass is 245 g/mol. The largest absolute Gasteiger partial charge is 0.364 e. The van der Waals surface area contributed by atoms with Gasteiger partial charge in [0.25, 0.3) is 16.0 Å². The van der Waals surface area contributed by atoms with Gasteiger partial charge in [0.1, 0.15) is 0 Å². The summed E-state index contributed by atoms with van der Waals surface area (Å²) in [4.78, 5) is 10.6. The van der Waals surface area contributed by atoms with Gasteiger partial charge >= 0.3 is 0 Å². The average molecular weight is 245 g/mol. The molecule has 0 saturated carbocycles. The fraction of sp³-hybridized carbons (Fsp3) is 0.333. The SMILES string of the molecule is NC(=O)C[n+]1ccc(CCS(=O)(=O)O)cc1. The molecule has 0 aliphatic carbocycles. The highest BCUT2D eigenvalue weighted by atomic mass is 32.2. The highest BCUT2D eigenvalue weighted by Crippen LogP contribution is 1.98. The zero-order valence-electron chi connectivity index (χ0n) is 8.54. The van der Waals surface area contributed by atoms with Crippen molar-refractivity contribution in [3.63, 3.8) is 0 Å². The van der Waals surface area contributed by atoms with Crippen LogP contribution in [0.5, 0.6) is 0 Å². The summed E-state index contributed by atoms with van der Waals surface area (Å²) >= 11 is 0. The Labute approximate surface area is 93.5 Å². The number of nitrogens with zero attached hydrogens (tertiary/aromatic N) is 1. The van der Waals surface area contributed by atoms with Gasteiger partial charge in [0.15, 0.2) is 12.4 Å². The highest BCUT2D eigenvalue weighted by molar-refractivity contribution is 7.85. The number of primary amides is 1. The van der Waals surface area contributed by atoms with Gasteiger partial charge in [-0.3, -0.25) is 9.35 Å².